The van der Waals surface area contributed by atoms with E-state index in [9.17, 15) is 0 Å². The Labute approximate surface area is 188 Å². The predicted molar refractivity (Wildman–Crippen MR) is 133 cm³/mol. The second-order valence-corrected chi connectivity index (χ2v) is 9.99. The maximum atomic E-state index is 6.93. The van der Waals surface area contributed by atoms with Crippen molar-refractivity contribution >= 4 is 11.6 Å². The third-order valence-electron chi connectivity index (χ3n) is 6.57. The first-order valence-electron chi connectivity index (χ1n) is 12.9. The quantitative estimate of drug-likeness (QED) is 0.145. The van der Waals surface area contributed by atoms with Crippen LogP contribution in [0.25, 0.3) is 0 Å². The van der Waals surface area contributed by atoms with Crippen molar-refractivity contribution in [3.8, 4) is 0 Å². The van der Waals surface area contributed by atoms with E-state index in [1.54, 1.807) is 0 Å². The minimum absolute atomic E-state index is 0.00633. The lowest BCUT2D eigenvalue weighted by Gasteiger charge is -2.25. The zero-order valence-electron chi connectivity index (χ0n) is 19.7. The number of aryl methyl sites for hydroxylation is 1. The molecule has 0 aromatic heterocycles. The zero-order chi connectivity index (χ0) is 21.0. The Morgan fingerprint density at radius 2 is 1.03 bits per heavy atom. The normalized spacial score (nSPS) is 13.5. The largest absolute Gasteiger partial charge is 0.119 e. The van der Waals surface area contributed by atoms with E-state index in [-0.39, 0.29) is 4.87 Å². The molecule has 1 atom stereocenters. The van der Waals surface area contributed by atoms with E-state index in [2.05, 4.69) is 44.2 Å². The maximum Gasteiger partial charge on any atom is 0.0447 e. The first-order valence-corrected chi connectivity index (χ1v) is 13.3. The first kappa shape index (κ1) is 26.5. The molecule has 1 unspecified atom stereocenters. The fourth-order valence-corrected chi connectivity index (χ4v) is 4.53. The van der Waals surface area contributed by atoms with Crippen LogP contribution < -0.4 is 0 Å². The molecule has 0 heterocycles. The molecule has 0 spiro atoms. The van der Waals surface area contributed by atoms with Crippen molar-refractivity contribution in [1.82, 2.24) is 0 Å². The van der Waals surface area contributed by atoms with E-state index in [4.69, 9.17) is 11.6 Å². The van der Waals surface area contributed by atoms with Crippen LogP contribution in [0.4, 0.5) is 0 Å². The van der Waals surface area contributed by atoms with E-state index in [1.807, 2.05) is 0 Å². The lowest BCUT2D eigenvalue weighted by Crippen LogP contribution is -2.21. The Morgan fingerprint density at radius 3 is 1.48 bits per heavy atom. The Morgan fingerprint density at radius 1 is 0.586 bits per heavy atom. The Bertz CT molecular complexity index is 455. The molecule has 0 aliphatic rings. The summed E-state index contributed by atoms with van der Waals surface area (Å²) in [6, 6.07) is 10.8. The highest BCUT2D eigenvalue weighted by molar-refractivity contribution is 6.23. The monoisotopic (exact) mass is 420 g/mol. The standard InChI is InChI=1S/C28H49Cl/c1-3-5-6-7-8-9-10-11-12-13-14-15-16-17-21-25-28(29,4-2)26-24-27-22-19-18-20-23-27/h18-20,22-23H,3-17,21,24-26H2,1-2H3. The number of rotatable bonds is 20. The lowest BCUT2D eigenvalue weighted by molar-refractivity contribution is 0.444. The Kier molecular flexibility index (Phi) is 16.7. The van der Waals surface area contributed by atoms with Crippen molar-refractivity contribution in [3.63, 3.8) is 0 Å². The van der Waals surface area contributed by atoms with Crippen molar-refractivity contribution in [1.29, 1.82) is 0 Å². The molecule has 1 rings (SSSR count). The topological polar surface area (TPSA) is 0 Å². The number of halogens is 1. The summed E-state index contributed by atoms with van der Waals surface area (Å²) in [6.07, 6.45) is 25.8. The molecule has 29 heavy (non-hydrogen) atoms. The second kappa shape index (κ2) is 18.3. The molecular formula is C28H49Cl. The van der Waals surface area contributed by atoms with Crippen LogP contribution in [0.15, 0.2) is 30.3 Å². The summed E-state index contributed by atoms with van der Waals surface area (Å²) in [6.45, 7) is 4.55. The number of alkyl halides is 1. The molecular weight excluding hydrogens is 372 g/mol. The summed E-state index contributed by atoms with van der Waals surface area (Å²) in [5, 5.41) is 0. The molecule has 1 heteroatoms. The van der Waals surface area contributed by atoms with Gasteiger partial charge in [-0.1, -0.05) is 140 Å². The Balaban J connectivity index is 1.91. The number of unbranched alkanes of at least 4 members (excludes halogenated alkanes) is 14. The summed E-state index contributed by atoms with van der Waals surface area (Å²) in [4.78, 5) is 0.00633. The van der Waals surface area contributed by atoms with E-state index in [0.29, 0.717) is 0 Å². The molecule has 1 aromatic carbocycles. The summed E-state index contributed by atoms with van der Waals surface area (Å²) < 4.78 is 0. The van der Waals surface area contributed by atoms with Crippen molar-refractivity contribution < 1.29 is 0 Å². The SMILES string of the molecule is CCCCCCCCCCCCCCCCCC(Cl)(CC)CCc1ccccc1. The third kappa shape index (κ3) is 15.0. The first-order chi connectivity index (χ1) is 14.2. The average Bonchev–Trinajstić information content (AvgIpc) is 2.76. The fourth-order valence-electron chi connectivity index (χ4n) is 4.30. The average molecular weight is 421 g/mol. The van der Waals surface area contributed by atoms with Gasteiger partial charge in [0.1, 0.15) is 0 Å². The molecule has 0 aliphatic heterocycles. The summed E-state index contributed by atoms with van der Waals surface area (Å²) in [5.41, 5.74) is 1.42. The molecule has 0 amide bonds. The van der Waals surface area contributed by atoms with E-state index in [1.165, 1.54) is 108 Å². The lowest BCUT2D eigenvalue weighted by atomic mass is 9.90. The van der Waals surface area contributed by atoms with Gasteiger partial charge in [-0.25, -0.2) is 0 Å². The van der Waals surface area contributed by atoms with Gasteiger partial charge in [0, 0.05) is 4.87 Å². The van der Waals surface area contributed by atoms with E-state index < -0.39 is 0 Å². The highest BCUT2D eigenvalue weighted by atomic mass is 35.5. The van der Waals surface area contributed by atoms with Gasteiger partial charge >= 0.3 is 0 Å². The van der Waals surface area contributed by atoms with Gasteiger partial charge in [-0.15, -0.1) is 11.6 Å². The Hall–Kier alpha value is -0.490. The van der Waals surface area contributed by atoms with Gasteiger partial charge in [0.2, 0.25) is 0 Å². The van der Waals surface area contributed by atoms with Crippen molar-refractivity contribution in [2.24, 2.45) is 0 Å². The smallest absolute Gasteiger partial charge is 0.0447 e. The fraction of sp³-hybridized carbons (Fsp3) is 0.786. The molecule has 0 N–H and O–H groups in total. The van der Waals surface area contributed by atoms with Crippen LogP contribution in [0.3, 0.4) is 0 Å². The maximum absolute atomic E-state index is 6.93. The molecule has 0 saturated carbocycles. The summed E-state index contributed by atoms with van der Waals surface area (Å²) in [5.74, 6) is 0. The van der Waals surface area contributed by atoms with Crippen LogP contribution in [0.5, 0.6) is 0 Å². The summed E-state index contributed by atoms with van der Waals surface area (Å²) in [7, 11) is 0. The summed E-state index contributed by atoms with van der Waals surface area (Å²) >= 11 is 6.93. The van der Waals surface area contributed by atoms with Gasteiger partial charge in [-0.05, 0) is 31.2 Å². The molecule has 0 nitrogen and oxygen atoms in total. The van der Waals surface area contributed by atoms with Crippen molar-refractivity contribution in [2.75, 3.05) is 0 Å². The molecule has 0 bridgehead atoms. The zero-order valence-corrected chi connectivity index (χ0v) is 20.5. The van der Waals surface area contributed by atoms with Gasteiger partial charge in [-0.2, -0.15) is 0 Å². The van der Waals surface area contributed by atoms with Crippen LogP contribution >= 0.6 is 11.6 Å². The van der Waals surface area contributed by atoms with Crippen LogP contribution in [0.1, 0.15) is 135 Å². The van der Waals surface area contributed by atoms with Crippen molar-refractivity contribution in [3.05, 3.63) is 35.9 Å². The number of hydrogen-bond donors (Lipinski definition) is 0. The predicted octanol–water partition coefficient (Wildman–Crippen LogP) is 10.3. The highest BCUT2D eigenvalue weighted by Gasteiger charge is 2.23. The van der Waals surface area contributed by atoms with Gasteiger partial charge in [0.25, 0.3) is 0 Å². The minimum atomic E-state index is 0.00633. The van der Waals surface area contributed by atoms with Crippen LogP contribution in [0, 0.1) is 0 Å². The molecule has 0 fully saturated rings. The molecule has 1 aromatic rings. The number of hydrogen-bond acceptors (Lipinski definition) is 0. The highest BCUT2D eigenvalue weighted by Crippen LogP contribution is 2.32. The second-order valence-electron chi connectivity index (χ2n) is 9.19. The van der Waals surface area contributed by atoms with E-state index >= 15 is 0 Å². The molecule has 0 saturated heterocycles. The van der Waals surface area contributed by atoms with Crippen LogP contribution in [-0.2, 0) is 6.42 Å². The van der Waals surface area contributed by atoms with Crippen LogP contribution in [0.2, 0.25) is 0 Å². The van der Waals surface area contributed by atoms with Gasteiger partial charge in [0.15, 0.2) is 0 Å². The third-order valence-corrected chi connectivity index (χ3v) is 7.21. The van der Waals surface area contributed by atoms with Crippen LogP contribution in [-0.4, -0.2) is 4.87 Å². The number of benzene rings is 1. The van der Waals surface area contributed by atoms with Gasteiger partial charge < -0.3 is 0 Å². The van der Waals surface area contributed by atoms with E-state index in [0.717, 1.165) is 19.3 Å². The van der Waals surface area contributed by atoms with Gasteiger partial charge in [0.05, 0.1) is 0 Å². The minimum Gasteiger partial charge on any atom is -0.119 e. The molecule has 168 valence electrons. The molecule has 0 aliphatic carbocycles. The molecule has 0 radical (unpaired) electrons. The van der Waals surface area contributed by atoms with Crippen molar-refractivity contribution in [2.45, 2.75) is 141 Å². The van der Waals surface area contributed by atoms with Gasteiger partial charge in [-0.3, -0.25) is 0 Å².